The Hall–Kier alpha value is -1.26. The minimum atomic E-state index is -0.987. The van der Waals surface area contributed by atoms with Crippen LogP contribution in [0.3, 0.4) is 0 Å². The Balaban J connectivity index is 2.70. The summed E-state index contributed by atoms with van der Waals surface area (Å²) in [6.45, 7) is 9.56. The number of rotatable bonds is 3. The summed E-state index contributed by atoms with van der Waals surface area (Å²) in [5.74, 6) is -1.03. The molecule has 0 aliphatic heterocycles. The van der Waals surface area contributed by atoms with Crippen molar-refractivity contribution in [3.8, 4) is 0 Å². The van der Waals surface area contributed by atoms with Crippen LogP contribution in [0.15, 0.2) is 0 Å². The molecule has 0 aromatic heterocycles. The molecule has 1 aliphatic rings. The molecule has 0 radical (unpaired) electrons. The molecule has 1 aliphatic carbocycles. The average Bonchev–Trinajstić information content (AvgIpc) is 2.21. The van der Waals surface area contributed by atoms with E-state index in [0.29, 0.717) is 0 Å². The van der Waals surface area contributed by atoms with Crippen LogP contribution in [0.2, 0.25) is 0 Å². The number of alkyl carbamates (subject to hydrolysis) is 1. The van der Waals surface area contributed by atoms with Gasteiger partial charge in [0.1, 0.15) is 11.6 Å². The minimum absolute atomic E-state index is 0.0382. The molecule has 0 saturated heterocycles. The summed E-state index contributed by atoms with van der Waals surface area (Å²) in [5.41, 5.74) is -0.495. The fourth-order valence-corrected chi connectivity index (χ4v) is 2.86. The number of carbonyl (C=O) groups is 2. The molecule has 1 saturated carbocycles. The monoisotopic (exact) mass is 285 g/mol. The summed E-state index contributed by atoms with van der Waals surface area (Å²) in [7, 11) is 0. The van der Waals surface area contributed by atoms with Gasteiger partial charge < -0.3 is 15.2 Å². The predicted molar refractivity (Wildman–Crippen MR) is 76.5 cm³/mol. The van der Waals surface area contributed by atoms with E-state index in [1.54, 1.807) is 20.8 Å². The van der Waals surface area contributed by atoms with Crippen LogP contribution in [0.1, 0.15) is 60.3 Å². The first-order valence-electron chi connectivity index (χ1n) is 7.22. The van der Waals surface area contributed by atoms with Gasteiger partial charge in [-0.2, -0.15) is 0 Å². The second-order valence-electron chi connectivity index (χ2n) is 7.48. The van der Waals surface area contributed by atoms with Crippen molar-refractivity contribution >= 4 is 12.1 Å². The van der Waals surface area contributed by atoms with E-state index < -0.39 is 23.7 Å². The van der Waals surface area contributed by atoms with Crippen molar-refractivity contribution in [2.45, 2.75) is 71.9 Å². The standard InChI is InChI=1S/C15H27NO4/c1-14(2,3)20-13(19)16-11(12(17)18)10-7-6-8-15(4,5)9-10/h10-11H,6-9H2,1-5H3,(H,16,19)(H,17,18)/t10?,11-/m0/s1. The first-order valence-corrected chi connectivity index (χ1v) is 7.22. The molecule has 1 amide bonds. The molecule has 0 bridgehead atoms. The summed E-state index contributed by atoms with van der Waals surface area (Å²) >= 11 is 0. The number of carbonyl (C=O) groups excluding carboxylic acids is 1. The average molecular weight is 285 g/mol. The first-order chi connectivity index (χ1) is 9.00. The molecule has 1 fully saturated rings. The largest absolute Gasteiger partial charge is 0.480 e. The fraction of sp³-hybridized carbons (Fsp3) is 0.867. The third-order valence-electron chi connectivity index (χ3n) is 3.65. The molecule has 20 heavy (non-hydrogen) atoms. The number of hydrogen-bond acceptors (Lipinski definition) is 3. The highest BCUT2D eigenvalue weighted by atomic mass is 16.6. The highest BCUT2D eigenvalue weighted by Crippen LogP contribution is 2.39. The number of nitrogens with one attached hydrogen (secondary N) is 1. The number of amides is 1. The number of carboxylic acid groups (broad SMARTS) is 1. The van der Waals surface area contributed by atoms with Gasteiger partial charge in [0.2, 0.25) is 0 Å². The molecule has 1 rings (SSSR count). The van der Waals surface area contributed by atoms with E-state index in [1.165, 1.54) is 0 Å². The fourth-order valence-electron chi connectivity index (χ4n) is 2.86. The second-order valence-corrected chi connectivity index (χ2v) is 7.48. The van der Waals surface area contributed by atoms with Crippen LogP contribution in [0.25, 0.3) is 0 Å². The van der Waals surface area contributed by atoms with Crippen molar-refractivity contribution in [1.29, 1.82) is 0 Å². The zero-order chi connectivity index (χ0) is 15.6. The molecule has 1 unspecified atom stereocenters. The number of hydrogen-bond donors (Lipinski definition) is 2. The lowest BCUT2D eigenvalue weighted by atomic mass is 9.70. The summed E-state index contributed by atoms with van der Waals surface area (Å²) in [6.07, 6.45) is 3.07. The summed E-state index contributed by atoms with van der Waals surface area (Å²) in [6, 6.07) is -0.871. The molecule has 116 valence electrons. The van der Waals surface area contributed by atoms with Gasteiger partial charge in [0.05, 0.1) is 0 Å². The summed E-state index contributed by atoms with van der Waals surface area (Å²) < 4.78 is 5.15. The van der Waals surface area contributed by atoms with Crippen LogP contribution in [0.4, 0.5) is 4.79 Å². The first kappa shape index (κ1) is 16.8. The predicted octanol–water partition coefficient (Wildman–Crippen LogP) is 3.18. The van der Waals surface area contributed by atoms with Gasteiger partial charge in [-0.1, -0.05) is 20.3 Å². The normalized spacial score (nSPS) is 23.8. The van der Waals surface area contributed by atoms with Gasteiger partial charge in [0, 0.05) is 0 Å². The quantitative estimate of drug-likeness (QED) is 0.835. The Morgan fingerprint density at radius 2 is 1.95 bits per heavy atom. The maximum absolute atomic E-state index is 11.8. The Kier molecular flexibility index (Phi) is 5.05. The topological polar surface area (TPSA) is 75.6 Å². The lowest BCUT2D eigenvalue weighted by molar-refractivity contribution is -0.141. The molecule has 0 aromatic rings. The van der Waals surface area contributed by atoms with Gasteiger partial charge in [0.25, 0.3) is 0 Å². The van der Waals surface area contributed by atoms with Gasteiger partial charge in [-0.3, -0.25) is 0 Å². The van der Waals surface area contributed by atoms with E-state index in [4.69, 9.17) is 4.74 Å². The van der Waals surface area contributed by atoms with Gasteiger partial charge in [0.15, 0.2) is 0 Å². The van der Waals surface area contributed by atoms with Gasteiger partial charge in [-0.15, -0.1) is 0 Å². The number of aliphatic carboxylic acids is 1. The van der Waals surface area contributed by atoms with E-state index in [9.17, 15) is 14.7 Å². The smallest absolute Gasteiger partial charge is 0.408 e. The lowest BCUT2D eigenvalue weighted by Crippen LogP contribution is -2.49. The molecule has 2 N–H and O–H groups in total. The molecular weight excluding hydrogens is 258 g/mol. The maximum atomic E-state index is 11.8. The van der Waals surface area contributed by atoms with Crippen molar-refractivity contribution < 1.29 is 19.4 Å². The third kappa shape index (κ3) is 5.39. The molecule has 0 aromatic carbocycles. The summed E-state index contributed by atoms with van der Waals surface area (Å²) in [5, 5.41) is 11.9. The molecule has 0 spiro atoms. The number of ether oxygens (including phenoxy) is 1. The molecule has 5 heteroatoms. The minimum Gasteiger partial charge on any atom is -0.480 e. The van der Waals surface area contributed by atoms with E-state index in [-0.39, 0.29) is 11.3 Å². The SMILES string of the molecule is CC1(C)CCCC([C@H](NC(=O)OC(C)(C)C)C(=O)O)C1. The van der Waals surface area contributed by atoms with Gasteiger partial charge in [-0.25, -0.2) is 9.59 Å². The number of carboxylic acids is 1. The summed E-state index contributed by atoms with van der Waals surface area (Å²) in [4.78, 5) is 23.2. The Labute approximate surface area is 121 Å². The highest BCUT2D eigenvalue weighted by molar-refractivity contribution is 5.80. The molecule has 5 nitrogen and oxygen atoms in total. The van der Waals surface area contributed by atoms with Crippen molar-refractivity contribution in [2.24, 2.45) is 11.3 Å². The zero-order valence-corrected chi connectivity index (χ0v) is 13.2. The van der Waals surface area contributed by atoms with Crippen LogP contribution in [-0.2, 0) is 9.53 Å². The molecule has 0 heterocycles. The van der Waals surface area contributed by atoms with Gasteiger partial charge in [-0.05, 0) is 51.4 Å². The Bertz CT molecular complexity index is 371. The van der Waals surface area contributed by atoms with Crippen molar-refractivity contribution in [3.05, 3.63) is 0 Å². The molecule has 2 atom stereocenters. The van der Waals surface area contributed by atoms with Gasteiger partial charge >= 0.3 is 12.1 Å². The lowest BCUT2D eigenvalue weighted by Gasteiger charge is -2.38. The van der Waals surface area contributed by atoms with Crippen LogP contribution >= 0.6 is 0 Å². The second kappa shape index (κ2) is 6.02. The van der Waals surface area contributed by atoms with E-state index in [1.807, 2.05) is 0 Å². The Morgan fingerprint density at radius 1 is 1.35 bits per heavy atom. The van der Waals surface area contributed by atoms with Crippen molar-refractivity contribution in [1.82, 2.24) is 5.32 Å². The maximum Gasteiger partial charge on any atom is 0.408 e. The third-order valence-corrected chi connectivity index (χ3v) is 3.65. The van der Waals surface area contributed by atoms with Crippen LogP contribution in [0, 0.1) is 11.3 Å². The van der Waals surface area contributed by atoms with E-state index in [0.717, 1.165) is 25.7 Å². The van der Waals surface area contributed by atoms with E-state index >= 15 is 0 Å². The zero-order valence-electron chi connectivity index (χ0n) is 13.2. The van der Waals surface area contributed by atoms with Crippen molar-refractivity contribution in [2.75, 3.05) is 0 Å². The van der Waals surface area contributed by atoms with Crippen LogP contribution in [0.5, 0.6) is 0 Å². The van der Waals surface area contributed by atoms with Crippen molar-refractivity contribution in [3.63, 3.8) is 0 Å². The van der Waals surface area contributed by atoms with Crippen LogP contribution in [-0.4, -0.2) is 28.8 Å². The molecular formula is C15H27NO4. The highest BCUT2D eigenvalue weighted by Gasteiger charge is 2.37. The Morgan fingerprint density at radius 3 is 2.40 bits per heavy atom. The van der Waals surface area contributed by atoms with E-state index in [2.05, 4.69) is 19.2 Å². The van der Waals surface area contributed by atoms with Crippen LogP contribution < -0.4 is 5.32 Å².